The molecule has 1 aliphatic rings. The zero-order chi connectivity index (χ0) is 29.7. The molecule has 0 amide bonds. The SMILES string of the molecule is c1ccc(-c2cccc(N3c4ccccc4Oc4cc(-c5nc(-c6c7ccccc7cc7ccccc67)ns5)ccc43)c2)cc1. The molecule has 7 aromatic carbocycles. The van der Waals surface area contributed by atoms with Gasteiger partial charge in [0.05, 0.1) is 11.4 Å². The largest absolute Gasteiger partial charge is 0.453 e. The minimum absolute atomic E-state index is 0.742. The first kappa shape index (κ1) is 25.7. The third-order valence-corrected chi connectivity index (χ3v) is 9.17. The van der Waals surface area contributed by atoms with Crippen molar-refractivity contribution in [2.45, 2.75) is 0 Å². The maximum Gasteiger partial charge on any atom is 0.174 e. The summed E-state index contributed by atoms with van der Waals surface area (Å²) in [5.74, 6) is 2.34. The number of anilines is 3. The molecule has 0 radical (unpaired) electrons. The Labute approximate surface area is 264 Å². The second kappa shape index (κ2) is 10.4. The maximum absolute atomic E-state index is 6.53. The standard InChI is InChI=1S/C40H25N3OS/c1-2-11-26(12-3-1)27-15-10-16-31(24-27)43-34-19-8-9-20-36(34)44-37-25-30(21-22-35(37)43)40-41-39(42-45-40)38-32-17-6-4-13-28(32)23-29-14-5-7-18-33(29)38/h1-25H. The van der Waals surface area contributed by atoms with E-state index in [9.17, 15) is 0 Å². The van der Waals surface area contributed by atoms with Crippen LogP contribution in [0.4, 0.5) is 17.1 Å². The molecule has 0 unspecified atom stereocenters. The van der Waals surface area contributed by atoms with Crippen LogP contribution in [0.15, 0.2) is 152 Å². The van der Waals surface area contributed by atoms with Crippen molar-refractivity contribution >= 4 is 50.1 Å². The Bertz CT molecular complexity index is 2330. The Morgan fingerprint density at radius 1 is 0.511 bits per heavy atom. The first-order chi connectivity index (χ1) is 22.3. The zero-order valence-corrected chi connectivity index (χ0v) is 24.9. The van der Waals surface area contributed by atoms with Gasteiger partial charge in [0.1, 0.15) is 5.01 Å². The summed E-state index contributed by atoms with van der Waals surface area (Å²) in [6.45, 7) is 0. The molecule has 1 aliphatic heterocycles. The van der Waals surface area contributed by atoms with E-state index in [0.717, 1.165) is 66.9 Å². The van der Waals surface area contributed by atoms with E-state index in [1.165, 1.54) is 27.9 Å². The average molecular weight is 596 g/mol. The number of hydrogen-bond donors (Lipinski definition) is 0. The lowest BCUT2D eigenvalue weighted by molar-refractivity contribution is 0.477. The van der Waals surface area contributed by atoms with Crippen molar-refractivity contribution in [1.82, 2.24) is 9.36 Å². The lowest BCUT2D eigenvalue weighted by Crippen LogP contribution is -2.15. The molecule has 45 heavy (non-hydrogen) atoms. The summed E-state index contributed by atoms with van der Waals surface area (Å²) in [6, 6.07) is 52.8. The molecular weight excluding hydrogens is 571 g/mol. The van der Waals surface area contributed by atoms with Crippen molar-refractivity contribution in [2.75, 3.05) is 4.90 Å². The molecule has 2 heterocycles. The Kier molecular flexibility index (Phi) is 5.96. The van der Waals surface area contributed by atoms with E-state index < -0.39 is 0 Å². The van der Waals surface area contributed by atoms with Gasteiger partial charge in [0.15, 0.2) is 17.3 Å². The second-order valence-corrected chi connectivity index (χ2v) is 11.9. The van der Waals surface area contributed by atoms with Crippen LogP contribution in [0.3, 0.4) is 0 Å². The summed E-state index contributed by atoms with van der Waals surface area (Å²) in [5.41, 5.74) is 7.44. The topological polar surface area (TPSA) is 38.2 Å². The third kappa shape index (κ3) is 4.36. The van der Waals surface area contributed by atoms with Crippen LogP contribution >= 0.6 is 11.5 Å². The Morgan fingerprint density at radius 3 is 2.02 bits per heavy atom. The van der Waals surface area contributed by atoms with Crippen molar-refractivity contribution in [3.8, 4) is 44.6 Å². The van der Waals surface area contributed by atoms with Gasteiger partial charge >= 0.3 is 0 Å². The van der Waals surface area contributed by atoms with Crippen LogP contribution < -0.4 is 9.64 Å². The Hall–Kier alpha value is -5.78. The van der Waals surface area contributed by atoms with E-state index in [1.54, 1.807) is 0 Å². The number of ether oxygens (including phenoxy) is 1. The monoisotopic (exact) mass is 595 g/mol. The number of para-hydroxylation sites is 2. The van der Waals surface area contributed by atoms with Crippen molar-refractivity contribution in [3.63, 3.8) is 0 Å². The van der Waals surface area contributed by atoms with Crippen molar-refractivity contribution < 1.29 is 4.74 Å². The maximum atomic E-state index is 6.53. The fourth-order valence-electron chi connectivity index (χ4n) is 6.32. The van der Waals surface area contributed by atoms with Crippen LogP contribution in [0.25, 0.3) is 54.6 Å². The van der Waals surface area contributed by atoms with E-state index in [-0.39, 0.29) is 0 Å². The number of rotatable bonds is 4. The van der Waals surface area contributed by atoms with Gasteiger partial charge < -0.3 is 9.64 Å². The molecule has 5 heteroatoms. The lowest BCUT2D eigenvalue weighted by Gasteiger charge is -2.33. The number of benzene rings is 7. The van der Waals surface area contributed by atoms with Gasteiger partial charge in [-0.3, -0.25) is 0 Å². The first-order valence-electron chi connectivity index (χ1n) is 14.9. The fraction of sp³-hybridized carbons (Fsp3) is 0. The summed E-state index contributed by atoms with van der Waals surface area (Å²) >= 11 is 1.42. The minimum Gasteiger partial charge on any atom is -0.453 e. The van der Waals surface area contributed by atoms with Gasteiger partial charge in [-0.05, 0) is 92.7 Å². The molecule has 4 nitrogen and oxygen atoms in total. The lowest BCUT2D eigenvalue weighted by atomic mass is 9.96. The van der Waals surface area contributed by atoms with Crippen molar-refractivity contribution in [1.29, 1.82) is 0 Å². The van der Waals surface area contributed by atoms with Gasteiger partial charge in [-0.15, -0.1) is 0 Å². The zero-order valence-electron chi connectivity index (χ0n) is 24.1. The molecule has 0 saturated carbocycles. The molecule has 1 aromatic heterocycles. The highest BCUT2D eigenvalue weighted by Gasteiger charge is 2.27. The van der Waals surface area contributed by atoms with Gasteiger partial charge in [-0.2, -0.15) is 4.37 Å². The predicted molar refractivity (Wildman–Crippen MR) is 186 cm³/mol. The molecule has 0 fully saturated rings. The molecule has 212 valence electrons. The van der Waals surface area contributed by atoms with E-state index in [4.69, 9.17) is 14.1 Å². The molecule has 0 spiro atoms. The van der Waals surface area contributed by atoms with Gasteiger partial charge in [-0.1, -0.05) is 103 Å². The van der Waals surface area contributed by atoms with Gasteiger partial charge in [-0.25, -0.2) is 4.98 Å². The number of fused-ring (bicyclic) bond motifs is 4. The molecule has 0 bridgehead atoms. The number of nitrogens with zero attached hydrogens (tertiary/aromatic N) is 3. The van der Waals surface area contributed by atoms with Gasteiger partial charge in [0, 0.05) is 16.8 Å². The van der Waals surface area contributed by atoms with Gasteiger partial charge in [0.25, 0.3) is 0 Å². The first-order valence-corrected chi connectivity index (χ1v) is 15.7. The van der Waals surface area contributed by atoms with Crippen LogP contribution in [0.1, 0.15) is 0 Å². The van der Waals surface area contributed by atoms with E-state index in [0.29, 0.717) is 0 Å². The van der Waals surface area contributed by atoms with Crippen molar-refractivity contribution in [3.05, 3.63) is 152 Å². The minimum atomic E-state index is 0.742. The highest BCUT2D eigenvalue weighted by atomic mass is 32.1. The summed E-state index contributed by atoms with van der Waals surface area (Å²) in [7, 11) is 0. The molecular formula is C40H25N3OS. The van der Waals surface area contributed by atoms with Crippen LogP contribution in [-0.4, -0.2) is 9.36 Å². The summed E-state index contributed by atoms with van der Waals surface area (Å²) in [6.07, 6.45) is 0. The Morgan fingerprint density at radius 2 is 1.20 bits per heavy atom. The van der Waals surface area contributed by atoms with Crippen LogP contribution in [0.2, 0.25) is 0 Å². The normalized spacial score (nSPS) is 12.1. The molecule has 0 N–H and O–H groups in total. The number of hydrogen-bond acceptors (Lipinski definition) is 5. The van der Waals surface area contributed by atoms with Crippen LogP contribution in [0.5, 0.6) is 11.5 Å². The summed E-state index contributed by atoms with van der Waals surface area (Å²) in [5, 5.41) is 5.52. The fourth-order valence-corrected chi connectivity index (χ4v) is 6.99. The molecule has 0 atom stereocenters. The summed E-state index contributed by atoms with van der Waals surface area (Å²) in [4.78, 5) is 7.38. The van der Waals surface area contributed by atoms with Crippen LogP contribution in [0, 0.1) is 0 Å². The quantitative estimate of drug-likeness (QED) is 0.190. The number of aromatic nitrogens is 2. The highest BCUT2D eigenvalue weighted by Crippen LogP contribution is 2.51. The smallest absolute Gasteiger partial charge is 0.174 e. The van der Waals surface area contributed by atoms with E-state index in [2.05, 4.69) is 138 Å². The van der Waals surface area contributed by atoms with Crippen molar-refractivity contribution in [2.24, 2.45) is 0 Å². The summed E-state index contributed by atoms with van der Waals surface area (Å²) < 4.78 is 11.4. The van der Waals surface area contributed by atoms with E-state index >= 15 is 0 Å². The molecule has 0 aliphatic carbocycles. The molecule has 9 rings (SSSR count). The highest BCUT2D eigenvalue weighted by molar-refractivity contribution is 7.09. The van der Waals surface area contributed by atoms with Crippen LogP contribution in [-0.2, 0) is 0 Å². The van der Waals surface area contributed by atoms with Gasteiger partial charge in [0.2, 0.25) is 0 Å². The predicted octanol–water partition coefficient (Wildman–Crippen LogP) is 11.4. The Balaban J connectivity index is 1.15. The third-order valence-electron chi connectivity index (χ3n) is 8.41. The average Bonchev–Trinajstić information content (AvgIpc) is 3.59. The van der Waals surface area contributed by atoms with E-state index in [1.807, 2.05) is 18.2 Å². The molecule has 8 aromatic rings. The molecule has 0 saturated heterocycles. The second-order valence-electron chi connectivity index (χ2n) is 11.1.